The lowest BCUT2D eigenvalue weighted by Crippen LogP contribution is -2.08. The summed E-state index contributed by atoms with van der Waals surface area (Å²) in [6, 6.07) is 8.12. The van der Waals surface area contributed by atoms with Crippen LogP contribution in [-0.2, 0) is 4.74 Å². The molecule has 2 heteroatoms. The van der Waals surface area contributed by atoms with Crippen LogP contribution in [0.4, 0.5) is 0 Å². The summed E-state index contributed by atoms with van der Waals surface area (Å²) in [4.78, 5) is 0.988. The Morgan fingerprint density at radius 1 is 1.15 bits per heavy atom. The van der Waals surface area contributed by atoms with Gasteiger partial charge < -0.3 is 4.74 Å². The summed E-state index contributed by atoms with van der Waals surface area (Å²) in [6.45, 7) is 4.31. The van der Waals surface area contributed by atoms with Gasteiger partial charge in [0.15, 0.2) is 0 Å². The predicted molar refractivity (Wildman–Crippen MR) is 58.3 cm³/mol. The summed E-state index contributed by atoms with van der Waals surface area (Å²) < 4.78 is 5.41. The molecule has 13 heavy (non-hydrogen) atoms. The van der Waals surface area contributed by atoms with Crippen molar-refractivity contribution in [3.8, 4) is 0 Å². The Balaban J connectivity index is 2.86. The maximum atomic E-state index is 5.41. The summed E-state index contributed by atoms with van der Waals surface area (Å²) in [5.41, 5.74) is 1.22. The SMILES string of the molecule is CO[C@@H](c1ccc(S)cc1)C(C)C. The molecule has 0 amide bonds. The minimum absolute atomic E-state index is 0.189. The van der Waals surface area contributed by atoms with Crippen molar-refractivity contribution in [1.29, 1.82) is 0 Å². The van der Waals surface area contributed by atoms with Gasteiger partial charge >= 0.3 is 0 Å². The minimum Gasteiger partial charge on any atom is -0.376 e. The molecule has 0 bridgehead atoms. The van der Waals surface area contributed by atoms with Crippen molar-refractivity contribution in [2.45, 2.75) is 24.8 Å². The summed E-state index contributed by atoms with van der Waals surface area (Å²) >= 11 is 4.24. The molecule has 0 radical (unpaired) electrons. The van der Waals surface area contributed by atoms with E-state index in [2.05, 4.69) is 38.6 Å². The van der Waals surface area contributed by atoms with E-state index in [1.165, 1.54) is 5.56 Å². The van der Waals surface area contributed by atoms with Crippen LogP contribution in [0, 0.1) is 5.92 Å². The van der Waals surface area contributed by atoms with Gasteiger partial charge in [-0.25, -0.2) is 0 Å². The molecule has 0 aliphatic heterocycles. The highest BCUT2D eigenvalue weighted by molar-refractivity contribution is 7.80. The highest BCUT2D eigenvalue weighted by Gasteiger charge is 2.13. The smallest absolute Gasteiger partial charge is 0.0844 e. The van der Waals surface area contributed by atoms with Crippen LogP contribution < -0.4 is 0 Å². The molecule has 0 aliphatic rings. The van der Waals surface area contributed by atoms with Crippen molar-refractivity contribution in [2.24, 2.45) is 5.92 Å². The summed E-state index contributed by atoms with van der Waals surface area (Å²) in [5, 5.41) is 0. The minimum atomic E-state index is 0.189. The maximum Gasteiger partial charge on any atom is 0.0844 e. The molecule has 0 saturated heterocycles. The highest BCUT2D eigenvalue weighted by Crippen LogP contribution is 2.25. The Morgan fingerprint density at radius 3 is 2.08 bits per heavy atom. The number of methoxy groups -OCH3 is 1. The van der Waals surface area contributed by atoms with E-state index in [0.29, 0.717) is 5.92 Å². The van der Waals surface area contributed by atoms with Gasteiger partial charge in [-0.3, -0.25) is 0 Å². The average molecular weight is 196 g/mol. The van der Waals surface area contributed by atoms with Crippen molar-refractivity contribution in [3.63, 3.8) is 0 Å². The molecule has 72 valence electrons. The third-order valence-corrected chi connectivity index (χ3v) is 2.38. The van der Waals surface area contributed by atoms with E-state index in [0.717, 1.165) is 4.90 Å². The van der Waals surface area contributed by atoms with Crippen molar-refractivity contribution in [1.82, 2.24) is 0 Å². The van der Waals surface area contributed by atoms with Crippen molar-refractivity contribution >= 4 is 12.6 Å². The molecule has 0 heterocycles. The second-order valence-electron chi connectivity index (χ2n) is 3.49. The first-order valence-corrected chi connectivity index (χ1v) is 4.91. The van der Waals surface area contributed by atoms with Crippen LogP contribution in [0.3, 0.4) is 0 Å². The van der Waals surface area contributed by atoms with Crippen molar-refractivity contribution < 1.29 is 4.74 Å². The second kappa shape index (κ2) is 4.68. The first-order valence-electron chi connectivity index (χ1n) is 4.47. The Kier molecular flexibility index (Phi) is 3.82. The van der Waals surface area contributed by atoms with E-state index in [9.17, 15) is 0 Å². The standard InChI is InChI=1S/C11H16OS/c1-8(2)11(12-3)9-4-6-10(13)7-5-9/h4-8,11,13H,1-3H3/t11-/m1/s1. The Hall–Kier alpha value is -0.470. The molecule has 1 aromatic rings. The van der Waals surface area contributed by atoms with Gasteiger partial charge in [0, 0.05) is 12.0 Å². The zero-order chi connectivity index (χ0) is 9.84. The molecule has 0 saturated carbocycles. The predicted octanol–water partition coefficient (Wildman–Crippen LogP) is 3.32. The van der Waals surface area contributed by atoms with Gasteiger partial charge in [0.2, 0.25) is 0 Å². The molecule has 0 aromatic heterocycles. The topological polar surface area (TPSA) is 9.23 Å². The van der Waals surface area contributed by atoms with E-state index in [4.69, 9.17) is 4.74 Å². The lowest BCUT2D eigenvalue weighted by atomic mass is 9.99. The molecule has 1 atom stereocenters. The Morgan fingerprint density at radius 2 is 1.69 bits per heavy atom. The Labute approximate surface area is 85.5 Å². The van der Waals surface area contributed by atoms with E-state index < -0.39 is 0 Å². The van der Waals surface area contributed by atoms with E-state index in [-0.39, 0.29) is 6.10 Å². The quantitative estimate of drug-likeness (QED) is 0.730. The molecule has 0 N–H and O–H groups in total. The number of ether oxygens (including phenoxy) is 1. The fourth-order valence-corrected chi connectivity index (χ4v) is 1.61. The van der Waals surface area contributed by atoms with Gasteiger partial charge in [-0.05, 0) is 23.6 Å². The third-order valence-electron chi connectivity index (χ3n) is 2.08. The van der Waals surface area contributed by atoms with Crippen molar-refractivity contribution in [2.75, 3.05) is 7.11 Å². The van der Waals surface area contributed by atoms with Gasteiger partial charge in [0.25, 0.3) is 0 Å². The maximum absolute atomic E-state index is 5.41. The molecule has 0 spiro atoms. The summed E-state index contributed by atoms with van der Waals surface area (Å²) in [6.07, 6.45) is 0.189. The number of rotatable bonds is 3. The van der Waals surface area contributed by atoms with Gasteiger partial charge in [-0.15, -0.1) is 12.6 Å². The lowest BCUT2D eigenvalue weighted by Gasteiger charge is -2.19. The third kappa shape index (κ3) is 2.75. The lowest BCUT2D eigenvalue weighted by molar-refractivity contribution is 0.0646. The molecule has 0 unspecified atom stereocenters. The van der Waals surface area contributed by atoms with E-state index >= 15 is 0 Å². The first-order chi connectivity index (χ1) is 6.15. The zero-order valence-corrected chi connectivity index (χ0v) is 9.21. The van der Waals surface area contributed by atoms with Crippen LogP contribution in [0.1, 0.15) is 25.5 Å². The van der Waals surface area contributed by atoms with Crippen LogP contribution in [0.15, 0.2) is 29.2 Å². The van der Waals surface area contributed by atoms with Crippen molar-refractivity contribution in [3.05, 3.63) is 29.8 Å². The van der Waals surface area contributed by atoms with Crippen LogP contribution in [0.5, 0.6) is 0 Å². The Bertz CT molecular complexity index is 253. The monoisotopic (exact) mass is 196 g/mol. The molecule has 1 nitrogen and oxygen atoms in total. The van der Waals surface area contributed by atoms with Gasteiger partial charge in [0.05, 0.1) is 6.10 Å². The number of hydrogen-bond donors (Lipinski definition) is 1. The van der Waals surface area contributed by atoms with Crippen LogP contribution in [0.25, 0.3) is 0 Å². The van der Waals surface area contributed by atoms with Crippen LogP contribution >= 0.6 is 12.6 Å². The van der Waals surface area contributed by atoms with E-state index in [1.54, 1.807) is 7.11 Å². The molecule has 0 fully saturated rings. The summed E-state index contributed by atoms with van der Waals surface area (Å²) in [5.74, 6) is 0.496. The molecule has 1 rings (SSSR count). The number of hydrogen-bond acceptors (Lipinski definition) is 2. The second-order valence-corrected chi connectivity index (χ2v) is 4.01. The molecular weight excluding hydrogens is 180 g/mol. The normalized spacial score (nSPS) is 13.3. The molecular formula is C11H16OS. The first kappa shape index (κ1) is 10.6. The largest absolute Gasteiger partial charge is 0.376 e. The highest BCUT2D eigenvalue weighted by atomic mass is 32.1. The van der Waals surface area contributed by atoms with Crippen LogP contribution in [0.2, 0.25) is 0 Å². The van der Waals surface area contributed by atoms with Gasteiger partial charge in [-0.2, -0.15) is 0 Å². The fourth-order valence-electron chi connectivity index (χ4n) is 1.46. The summed E-state index contributed by atoms with van der Waals surface area (Å²) in [7, 11) is 1.75. The zero-order valence-electron chi connectivity index (χ0n) is 8.32. The van der Waals surface area contributed by atoms with Crippen LogP contribution in [-0.4, -0.2) is 7.11 Å². The van der Waals surface area contributed by atoms with Gasteiger partial charge in [0.1, 0.15) is 0 Å². The number of thiol groups is 1. The van der Waals surface area contributed by atoms with Gasteiger partial charge in [-0.1, -0.05) is 26.0 Å². The number of benzene rings is 1. The van der Waals surface area contributed by atoms with E-state index in [1.807, 2.05) is 12.1 Å². The molecule has 0 aliphatic carbocycles. The fraction of sp³-hybridized carbons (Fsp3) is 0.455. The molecule has 1 aromatic carbocycles. The average Bonchev–Trinajstić information content (AvgIpc) is 2.09.